The van der Waals surface area contributed by atoms with Crippen LogP contribution in [0.25, 0.3) is 22.0 Å². The summed E-state index contributed by atoms with van der Waals surface area (Å²) in [5, 5.41) is 6.79. The Kier molecular flexibility index (Phi) is 5.00. The number of para-hydroxylation sites is 2. The third-order valence-electron chi connectivity index (χ3n) is 6.54. The van der Waals surface area contributed by atoms with Crippen LogP contribution in [0.15, 0.2) is 102 Å². The Labute approximate surface area is 206 Å². The van der Waals surface area contributed by atoms with Gasteiger partial charge in [-0.2, -0.15) is 0 Å². The second kappa shape index (κ2) is 8.36. The summed E-state index contributed by atoms with van der Waals surface area (Å²) < 4.78 is 1.44. The van der Waals surface area contributed by atoms with Gasteiger partial charge in [0.2, 0.25) is 0 Å². The number of nitrogens with one attached hydrogen (secondary N) is 2. The number of pyridine rings is 1. The van der Waals surface area contributed by atoms with E-state index in [1.54, 1.807) is 37.4 Å². The van der Waals surface area contributed by atoms with Crippen molar-refractivity contribution in [1.82, 2.24) is 4.57 Å². The Morgan fingerprint density at radius 1 is 0.694 bits per heavy atom. The number of hydrogen-bond donors (Lipinski definition) is 2. The maximum Gasteiger partial charge on any atom is 0.264 e. The van der Waals surface area contributed by atoms with Crippen molar-refractivity contribution in [2.75, 3.05) is 10.6 Å². The van der Waals surface area contributed by atoms with Crippen molar-refractivity contribution in [2.24, 2.45) is 7.05 Å². The van der Waals surface area contributed by atoms with E-state index in [1.807, 2.05) is 66.7 Å². The second-order valence-corrected chi connectivity index (χ2v) is 8.68. The number of hydrogen-bond acceptors (Lipinski definition) is 4. The maximum absolute atomic E-state index is 13.8. The fourth-order valence-corrected chi connectivity index (χ4v) is 4.88. The number of rotatable bonds is 4. The third kappa shape index (κ3) is 3.31. The smallest absolute Gasteiger partial charge is 0.264 e. The summed E-state index contributed by atoms with van der Waals surface area (Å²) in [6.07, 6.45) is 0. The summed E-state index contributed by atoms with van der Waals surface area (Å²) in [6.45, 7) is 0. The summed E-state index contributed by atoms with van der Waals surface area (Å²) in [6, 6.07) is 29.3. The first-order valence-electron chi connectivity index (χ1n) is 11.6. The number of amides is 1. The third-order valence-corrected chi connectivity index (χ3v) is 6.54. The molecule has 6 nitrogen and oxygen atoms in total. The molecule has 5 aromatic rings. The van der Waals surface area contributed by atoms with Crippen molar-refractivity contribution in [3.63, 3.8) is 0 Å². The first-order valence-corrected chi connectivity index (χ1v) is 11.6. The number of ketones is 1. The van der Waals surface area contributed by atoms with E-state index in [4.69, 9.17) is 0 Å². The average molecular weight is 472 g/mol. The lowest BCUT2D eigenvalue weighted by molar-refractivity contribution is 0.102. The van der Waals surface area contributed by atoms with Gasteiger partial charge in [-0.05, 0) is 42.0 Å². The van der Waals surface area contributed by atoms with E-state index >= 15 is 0 Å². The lowest BCUT2D eigenvalue weighted by atomic mass is 9.81. The van der Waals surface area contributed by atoms with Crippen molar-refractivity contribution in [3.8, 4) is 11.1 Å². The van der Waals surface area contributed by atoms with E-state index in [-0.39, 0.29) is 11.3 Å². The molecule has 0 saturated carbocycles. The number of fused-ring (bicyclic) bond motifs is 2. The number of aryl methyl sites for hydroxylation is 1. The van der Waals surface area contributed by atoms with Crippen molar-refractivity contribution in [1.29, 1.82) is 0 Å². The topological polar surface area (TPSA) is 80.2 Å². The van der Waals surface area contributed by atoms with Crippen LogP contribution in [0, 0.1) is 0 Å². The van der Waals surface area contributed by atoms with Crippen LogP contribution in [-0.2, 0) is 7.05 Å². The zero-order valence-corrected chi connectivity index (χ0v) is 19.4. The molecule has 4 aromatic carbocycles. The van der Waals surface area contributed by atoms with Gasteiger partial charge in [0.15, 0.2) is 5.78 Å². The number of carbonyl (C=O) groups excluding carboxylic acids is 2. The fraction of sp³-hybridized carbons (Fsp3) is 0.0333. The first kappa shape index (κ1) is 21.6. The molecule has 0 fully saturated rings. The lowest BCUT2D eigenvalue weighted by Gasteiger charge is -2.25. The van der Waals surface area contributed by atoms with E-state index in [0.717, 1.165) is 5.69 Å². The van der Waals surface area contributed by atoms with Crippen molar-refractivity contribution in [2.45, 2.75) is 0 Å². The number of carbonyl (C=O) groups is 2. The molecule has 174 valence electrons. The highest BCUT2D eigenvalue weighted by Gasteiger charge is 2.33. The van der Waals surface area contributed by atoms with E-state index in [1.165, 1.54) is 4.57 Å². The normalized spacial score (nSPS) is 11.8. The van der Waals surface area contributed by atoms with Gasteiger partial charge in [0.25, 0.3) is 11.5 Å². The van der Waals surface area contributed by atoms with Gasteiger partial charge in [0.1, 0.15) is 5.56 Å². The van der Waals surface area contributed by atoms with Crippen LogP contribution >= 0.6 is 0 Å². The Morgan fingerprint density at radius 3 is 2.00 bits per heavy atom. The van der Waals surface area contributed by atoms with Gasteiger partial charge in [-0.3, -0.25) is 14.4 Å². The predicted molar refractivity (Wildman–Crippen MR) is 142 cm³/mol. The van der Waals surface area contributed by atoms with Gasteiger partial charge in [0.05, 0.1) is 16.8 Å². The van der Waals surface area contributed by atoms with Crippen LogP contribution in [0.2, 0.25) is 0 Å². The van der Waals surface area contributed by atoms with Crippen LogP contribution < -0.4 is 16.2 Å². The fourth-order valence-electron chi connectivity index (χ4n) is 4.88. The Bertz CT molecular complexity index is 1740. The van der Waals surface area contributed by atoms with E-state index in [0.29, 0.717) is 44.5 Å². The van der Waals surface area contributed by atoms with Crippen LogP contribution in [-0.4, -0.2) is 16.3 Å². The zero-order chi connectivity index (χ0) is 24.8. The summed E-state index contributed by atoms with van der Waals surface area (Å²) >= 11 is 0. The van der Waals surface area contributed by atoms with E-state index < -0.39 is 11.5 Å². The molecule has 0 atom stereocenters. The molecule has 0 unspecified atom stereocenters. The second-order valence-electron chi connectivity index (χ2n) is 8.68. The molecular formula is C30H21N3O3. The lowest BCUT2D eigenvalue weighted by Crippen LogP contribution is -2.31. The maximum atomic E-state index is 13.8. The molecule has 1 amide bonds. The Hall–Kier alpha value is -4.97. The molecule has 36 heavy (non-hydrogen) atoms. The molecular weight excluding hydrogens is 450 g/mol. The summed E-state index contributed by atoms with van der Waals surface area (Å²) in [5.74, 6) is -0.676. The molecule has 0 bridgehead atoms. The highest BCUT2D eigenvalue weighted by Crippen LogP contribution is 2.43. The van der Waals surface area contributed by atoms with Crippen molar-refractivity contribution >= 4 is 39.7 Å². The van der Waals surface area contributed by atoms with Crippen LogP contribution in [0.5, 0.6) is 0 Å². The van der Waals surface area contributed by atoms with Gasteiger partial charge < -0.3 is 15.2 Å². The zero-order valence-electron chi connectivity index (χ0n) is 19.4. The quantitative estimate of drug-likeness (QED) is 0.343. The van der Waals surface area contributed by atoms with Gasteiger partial charge in [-0.25, -0.2) is 0 Å². The molecule has 1 aliphatic rings. The van der Waals surface area contributed by atoms with E-state index in [2.05, 4.69) is 10.6 Å². The molecule has 1 aliphatic carbocycles. The standard InChI is InChI=1S/C30H21N3O3/c1-33-23-17-16-22(31-18-10-4-2-5-11-18)25-26(23)24(20-14-8-9-15-21(20)28(25)34)27(30(33)36)29(35)32-19-12-6-3-7-13-19/h2-17,31H,1H3,(H,32,35). The average Bonchev–Trinajstić information content (AvgIpc) is 2.91. The largest absolute Gasteiger partial charge is 0.355 e. The highest BCUT2D eigenvalue weighted by atomic mass is 16.2. The van der Waals surface area contributed by atoms with Gasteiger partial charge in [0, 0.05) is 34.9 Å². The summed E-state index contributed by atoms with van der Waals surface area (Å²) in [4.78, 5) is 41.0. The number of aromatic nitrogens is 1. The molecule has 6 rings (SSSR count). The SMILES string of the molecule is Cn1c(=O)c(C(=O)Nc2ccccc2)c2c3c(c(Nc4ccccc4)ccc31)C(=O)c1ccccc1-2. The van der Waals surface area contributed by atoms with Crippen molar-refractivity contribution in [3.05, 3.63) is 124 Å². The minimum Gasteiger partial charge on any atom is -0.355 e. The van der Waals surface area contributed by atoms with Crippen LogP contribution in [0.4, 0.5) is 17.1 Å². The molecule has 6 heteroatoms. The minimum absolute atomic E-state index is 0.00640. The van der Waals surface area contributed by atoms with Crippen molar-refractivity contribution < 1.29 is 9.59 Å². The van der Waals surface area contributed by atoms with Crippen LogP contribution in [0.1, 0.15) is 26.3 Å². The molecule has 1 heterocycles. The number of nitrogens with zero attached hydrogens (tertiary/aromatic N) is 1. The van der Waals surface area contributed by atoms with Gasteiger partial charge in [-0.1, -0.05) is 60.7 Å². The summed E-state index contributed by atoms with van der Waals surface area (Å²) in [5.41, 5.74) is 4.13. The number of benzene rings is 4. The van der Waals surface area contributed by atoms with Gasteiger partial charge in [-0.15, -0.1) is 0 Å². The Balaban J connectivity index is 1.68. The molecule has 1 aromatic heterocycles. The molecule has 0 radical (unpaired) electrons. The van der Waals surface area contributed by atoms with Gasteiger partial charge >= 0.3 is 0 Å². The van der Waals surface area contributed by atoms with E-state index in [9.17, 15) is 14.4 Å². The predicted octanol–water partition coefficient (Wildman–Crippen LogP) is 5.75. The van der Waals surface area contributed by atoms with Crippen LogP contribution in [0.3, 0.4) is 0 Å². The molecule has 0 aliphatic heterocycles. The Morgan fingerprint density at radius 2 is 1.31 bits per heavy atom. The molecule has 2 N–H and O–H groups in total. The monoisotopic (exact) mass is 471 g/mol. The summed E-state index contributed by atoms with van der Waals surface area (Å²) in [7, 11) is 1.62. The molecule has 0 spiro atoms. The first-order chi connectivity index (χ1) is 17.5. The minimum atomic E-state index is -0.518. The highest BCUT2D eigenvalue weighted by molar-refractivity contribution is 6.30. The number of anilines is 3. The molecule has 0 saturated heterocycles.